The van der Waals surface area contributed by atoms with Gasteiger partial charge >= 0.3 is 0 Å². The van der Waals surface area contributed by atoms with Gasteiger partial charge in [-0.25, -0.2) is 0 Å². The predicted molar refractivity (Wildman–Crippen MR) is 54.0 cm³/mol. The summed E-state index contributed by atoms with van der Waals surface area (Å²) in [5, 5.41) is 2.42. The van der Waals surface area contributed by atoms with E-state index >= 15 is 0 Å². The molecular weight excluding hydrogens is 252 g/mol. The minimum absolute atomic E-state index is 0.00748. The van der Waals surface area contributed by atoms with Crippen LogP contribution in [0.15, 0.2) is 9.09 Å². The molecule has 0 bridgehead atoms. The van der Waals surface area contributed by atoms with E-state index in [0.29, 0.717) is 16.5 Å². The van der Waals surface area contributed by atoms with Crippen molar-refractivity contribution in [2.45, 2.75) is 6.42 Å². The smallest absolute Gasteiger partial charge is 0.256 e. The van der Waals surface area contributed by atoms with E-state index in [0.717, 1.165) is 0 Å². The molecule has 1 heterocycles. The van der Waals surface area contributed by atoms with Crippen LogP contribution in [-0.4, -0.2) is 19.2 Å². The number of hydrogen-bond acceptors (Lipinski definition) is 4. The minimum atomic E-state index is -0.367. The maximum atomic E-state index is 11.4. The van der Waals surface area contributed by atoms with Crippen LogP contribution in [0.25, 0.3) is 0 Å². The Balaban J connectivity index is 3.23. The Morgan fingerprint density at radius 2 is 2.36 bits per heavy atom. The number of aldehydes is 1. The molecule has 0 aliphatic carbocycles. The van der Waals surface area contributed by atoms with Crippen LogP contribution in [-0.2, 0) is 11.2 Å². The normalized spacial score (nSPS) is 9.86. The van der Waals surface area contributed by atoms with Gasteiger partial charge in [-0.3, -0.25) is 4.79 Å². The molecule has 5 nitrogen and oxygen atoms in total. The average Bonchev–Trinajstić information content (AvgIpc) is 2.42. The van der Waals surface area contributed by atoms with Crippen LogP contribution in [0.1, 0.15) is 15.9 Å². The molecule has 1 rings (SSSR count). The second-order valence-electron chi connectivity index (χ2n) is 2.54. The topological polar surface area (TPSA) is 85.3 Å². The minimum Gasteiger partial charge on any atom is -0.433 e. The van der Waals surface area contributed by atoms with Crippen molar-refractivity contribution >= 4 is 34.0 Å². The maximum Gasteiger partial charge on any atom is 0.256 e. The van der Waals surface area contributed by atoms with Crippen molar-refractivity contribution < 1.29 is 14.0 Å². The lowest BCUT2D eigenvalue weighted by Crippen LogP contribution is -2.20. The Labute approximate surface area is 88.8 Å². The molecule has 0 atom stereocenters. The fraction of sp³-hybridized carbons (Fsp3) is 0.250. The molecule has 0 saturated carbocycles. The van der Waals surface area contributed by atoms with Crippen molar-refractivity contribution in [1.82, 2.24) is 5.32 Å². The van der Waals surface area contributed by atoms with Gasteiger partial charge in [0.05, 0.1) is 0 Å². The van der Waals surface area contributed by atoms with Gasteiger partial charge in [0.25, 0.3) is 5.91 Å². The second kappa shape index (κ2) is 4.28. The quantitative estimate of drug-likeness (QED) is 0.785. The first kappa shape index (κ1) is 10.8. The van der Waals surface area contributed by atoms with E-state index in [2.05, 4.69) is 21.2 Å². The van der Waals surface area contributed by atoms with Gasteiger partial charge in [0.1, 0.15) is 11.8 Å². The number of carbonyl (C=O) groups excluding carboxylic acids is 2. The van der Waals surface area contributed by atoms with Crippen LogP contribution in [0.3, 0.4) is 0 Å². The van der Waals surface area contributed by atoms with Crippen LogP contribution in [0.4, 0.5) is 5.88 Å². The molecule has 6 heteroatoms. The fourth-order valence-corrected chi connectivity index (χ4v) is 1.63. The zero-order chi connectivity index (χ0) is 10.7. The molecule has 0 aliphatic heterocycles. The number of hydrogen-bond donors (Lipinski definition) is 2. The molecule has 0 fully saturated rings. The third-order valence-corrected chi connectivity index (χ3v) is 2.37. The first-order valence-electron chi connectivity index (χ1n) is 3.84. The van der Waals surface area contributed by atoms with Crippen molar-refractivity contribution in [3.8, 4) is 0 Å². The van der Waals surface area contributed by atoms with Crippen molar-refractivity contribution in [2.24, 2.45) is 0 Å². The molecule has 14 heavy (non-hydrogen) atoms. The van der Waals surface area contributed by atoms with E-state index < -0.39 is 0 Å². The van der Waals surface area contributed by atoms with Gasteiger partial charge in [0.2, 0.25) is 5.88 Å². The monoisotopic (exact) mass is 260 g/mol. The Morgan fingerprint density at radius 3 is 2.86 bits per heavy atom. The standard InChI is InChI=1S/C8H9BrN2O3/c1-11-8(13)5-4(2-3-12)6(9)14-7(5)10/h3H,2,10H2,1H3,(H,11,13). The molecule has 0 saturated heterocycles. The Kier molecular flexibility index (Phi) is 3.29. The van der Waals surface area contributed by atoms with Crippen molar-refractivity contribution in [3.05, 3.63) is 15.8 Å². The third kappa shape index (κ3) is 1.79. The number of anilines is 1. The van der Waals surface area contributed by atoms with Crippen molar-refractivity contribution in [3.63, 3.8) is 0 Å². The van der Waals surface area contributed by atoms with Gasteiger partial charge < -0.3 is 20.3 Å². The average molecular weight is 261 g/mol. The summed E-state index contributed by atoms with van der Waals surface area (Å²) < 4.78 is 5.32. The number of halogens is 1. The molecule has 1 amide bonds. The third-order valence-electron chi connectivity index (χ3n) is 1.73. The molecule has 76 valence electrons. The molecule has 3 N–H and O–H groups in total. The van der Waals surface area contributed by atoms with Crippen LogP contribution < -0.4 is 11.1 Å². The zero-order valence-electron chi connectivity index (χ0n) is 7.46. The van der Waals surface area contributed by atoms with Gasteiger partial charge in [-0.2, -0.15) is 0 Å². The van der Waals surface area contributed by atoms with Crippen molar-refractivity contribution in [2.75, 3.05) is 12.8 Å². The zero-order valence-corrected chi connectivity index (χ0v) is 9.05. The molecule has 1 aromatic heterocycles. The van der Waals surface area contributed by atoms with Crippen LogP contribution in [0, 0.1) is 0 Å². The molecule has 0 aliphatic rings. The summed E-state index contributed by atoms with van der Waals surface area (Å²) >= 11 is 3.08. The first-order chi connectivity index (χ1) is 6.61. The Bertz CT molecular complexity index is 373. The molecular formula is C8H9BrN2O3. The highest BCUT2D eigenvalue weighted by atomic mass is 79.9. The number of rotatable bonds is 3. The highest BCUT2D eigenvalue weighted by molar-refractivity contribution is 9.10. The lowest BCUT2D eigenvalue weighted by Gasteiger charge is -1.98. The summed E-state index contributed by atoms with van der Waals surface area (Å²) in [7, 11) is 1.48. The van der Waals surface area contributed by atoms with E-state index in [-0.39, 0.29) is 23.8 Å². The van der Waals surface area contributed by atoms with E-state index in [1.165, 1.54) is 7.05 Å². The largest absolute Gasteiger partial charge is 0.433 e. The van der Waals surface area contributed by atoms with E-state index in [1.807, 2.05) is 0 Å². The van der Waals surface area contributed by atoms with Gasteiger partial charge in [0.15, 0.2) is 4.67 Å². The summed E-state index contributed by atoms with van der Waals surface area (Å²) in [5.41, 5.74) is 6.16. The fourth-order valence-electron chi connectivity index (χ4n) is 1.10. The van der Waals surface area contributed by atoms with Crippen LogP contribution >= 0.6 is 15.9 Å². The highest BCUT2D eigenvalue weighted by Crippen LogP contribution is 2.29. The van der Waals surface area contributed by atoms with Gasteiger partial charge in [-0.1, -0.05) is 0 Å². The maximum absolute atomic E-state index is 11.4. The van der Waals surface area contributed by atoms with Gasteiger partial charge in [-0.05, 0) is 15.9 Å². The van der Waals surface area contributed by atoms with Gasteiger partial charge in [0, 0.05) is 19.0 Å². The summed E-state index contributed by atoms with van der Waals surface area (Å²) in [6.07, 6.45) is 0.769. The molecule has 0 spiro atoms. The van der Waals surface area contributed by atoms with E-state index in [9.17, 15) is 9.59 Å². The Hall–Kier alpha value is -1.30. The SMILES string of the molecule is CNC(=O)c1c(N)oc(Br)c1CC=O. The number of amides is 1. The number of nitrogens with one attached hydrogen (secondary N) is 1. The predicted octanol–water partition coefficient (Wildman–Crippen LogP) is 0.725. The van der Waals surface area contributed by atoms with Crippen molar-refractivity contribution in [1.29, 1.82) is 0 Å². The lowest BCUT2D eigenvalue weighted by atomic mass is 10.1. The van der Waals surface area contributed by atoms with Gasteiger partial charge in [-0.15, -0.1) is 0 Å². The van der Waals surface area contributed by atoms with Crippen LogP contribution in [0.5, 0.6) is 0 Å². The number of nitrogens with two attached hydrogens (primary N) is 1. The summed E-state index contributed by atoms with van der Waals surface area (Å²) in [4.78, 5) is 21.7. The highest BCUT2D eigenvalue weighted by Gasteiger charge is 2.21. The van der Waals surface area contributed by atoms with Crippen LogP contribution in [0.2, 0.25) is 0 Å². The Morgan fingerprint density at radius 1 is 1.71 bits per heavy atom. The first-order valence-corrected chi connectivity index (χ1v) is 4.63. The lowest BCUT2D eigenvalue weighted by molar-refractivity contribution is -0.107. The second-order valence-corrected chi connectivity index (χ2v) is 3.26. The number of nitrogen functional groups attached to an aromatic ring is 1. The summed E-state index contributed by atoms with van der Waals surface area (Å²) in [6, 6.07) is 0. The summed E-state index contributed by atoms with van der Waals surface area (Å²) in [5.74, 6) is -0.359. The number of carbonyl (C=O) groups is 2. The molecule has 0 radical (unpaired) electrons. The molecule has 1 aromatic rings. The van der Waals surface area contributed by atoms with E-state index in [1.54, 1.807) is 0 Å². The molecule has 0 aromatic carbocycles. The van der Waals surface area contributed by atoms with E-state index in [4.69, 9.17) is 10.2 Å². The summed E-state index contributed by atoms with van der Waals surface area (Å²) in [6.45, 7) is 0. The number of furan rings is 1. The molecule has 0 unspecified atom stereocenters.